The molecule has 0 fully saturated rings. The molecule has 2 aromatic carbocycles. The number of aromatic nitrogens is 3. The van der Waals surface area contributed by atoms with Gasteiger partial charge in [-0.05, 0) is 35.2 Å². The summed E-state index contributed by atoms with van der Waals surface area (Å²) in [6.07, 6.45) is 0.533. The van der Waals surface area contributed by atoms with Gasteiger partial charge in [0.15, 0.2) is 5.82 Å². The lowest BCUT2D eigenvalue weighted by atomic mass is 10.1. The Morgan fingerprint density at radius 2 is 1.92 bits per heavy atom. The van der Waals surface area contributed by atoms with Gasteiger partial charge in [-0.25, -0.2) is 0 Å². The Balaban J connectivity index is 1.63. The zero-order chi connectivity index (χ0) is 17.2. The van der Waals surface area contributed by atoms with Crippen molar-refractivity contribution < 1.29 is 9.26 Å². The normalized spacial score (nSPS) is 10.9. The van der Waals surface area contributed by atoms with Gasteiger partial charge >= 0.3 is 0 Å². The van der Waals surface area contributed by atoms with E-state index in [4.69, 9.17) is 9.26 Å². The van der Waals surface area contributed by atoms with Crippen LogP contribution in [0.2, 0.25) is 0 Å². The molecule has 6 nitrogen and oxygen atoms in total. The number of rotatable bonds is 4. The van der Waals surface area contributed by atoms with Crippen molar-refractivity contribution in [2.75, 3.05) is 7.11 Å². The Kier molecular flexibility index (Phi) is 3.78. The standard InChI is InChI=1S/C19H15N3O3/c1-24-14-8-6-12(7-9-14)10-17-21-19(25-22-17)16-11-13-4-2-3-5-15(13)18(23)20-16/h2-9,11H,10H2,1H3,(H,20,23). The van der Waals surface area contributed by atoms with Crippen molar-refractivity contribution in [3.8, 4) is 17.3 Å². The summed E-state index contributed by atoms with van der Waals surface area (Å²) in [5.74, 6) is 1.65. The van der Waals surface area contributed by atoms with Crippen molar-refractivity contribution in [2.24, 2.45) is 0 Å². The first kappa shape index (κ1) is 15.1. The third kappa shape index (κ3) is 3.01. The van der Waals surface area contributed by atoms with Crippen molar-refractivity contribution in [3.05, 3.63) is 76.3 Å². The molecule has 2 aromatic heterocycles. The zero-order valence-corrected chi connectivity index (χ0v) is 13.5. The molecule has 0 unspecified atom stereocenters. The second kappa shape index (κ2) is 6.24. The highest BCUT2D eigenvalue weighted by atomic mass is 16.5. The van der Waals surface area contributed by atoms with Crippen LogP contribution in [0.15, 0.2) is 63.9 Å². The number of aromatic amines is 1. The monoisotopic (exact) mass is 333 g/mol. The maximum atomic E-state index is 12.2. The number of hydrogen-bond donors (Lipinski definition) is 1. The molecule has 0 spiro atoms. The number of benzene rings is 2. The van der Waals surface area contributed by atoms with Gasteiger partial charge in [-0.1, -0.05) is 35.5 Å². The first-order chi connectivity index (χ1) is 12.2. The maximum absolute atomic E-state index is 12.2. The third-order valence-corrected chi connectivity index (χ3v) is 3.97. The molecule has 0 radical (unpaired) electrons. The summed E-state index contributed by atoms with van der Waals surface area (Å²) in [5.41, 5.74) is 1.38. The van der Waals surface area contributed by atoms with Crippen molar-refractivity contribution in [1.82, 2.24) is 15.1 Å². The molecular weight excluding hydrogens is 318 g/mol. The Morgan fingerprint density at radius 1 is 1.12 bits per heavy atom. The number of pyridine rings is 1. The van der Waals surface area contributed by atoms with Crippen LogP contribution in [0.25, 0.3) is 22.4 Å². The Morgan fingerprint density at radius 3 is 2.72 bits per heavy atom. The lowest BCUT2D eigenvalue weighted by Crippen LogP contribution is -2.07. The second-order valence-corrected chi connectivity index (χ2v) is 5.64. The predicted molar refractivity (Wildman–Crippen MR) is 93.7 cm³/mol. The smallest absolute Gasteiger partial charge is 0.274 e. The van der Waals surface area contributed by atoms with Crippen LogP contribution in [0.5, 0.6) is 5.75 Å². The summed E-state index contributed by atoms with van der Waals surface area (Å²) < 4.78 is 10.5. The minimum absolute atomic E-state index is 0.178. The first-order valence-electron chi connectivity index (χ1n) is 7.81. The van der Waals surface area contributed by atoms with Gasteiger partial charge in [0.2, 0.25) is 0 Å². The number of hydrogen-bond acceptors (Lipinski definition) is 5. The summed E-state index contributed by atoms with van der Waals surface area (Å²) in [5, 5.41) is 5.46. The molecule has 0 aliphatic rings. The SMILES string of the molecule is COc1ccc(Cc2noc(-c3cc4ccccc4c(=O)[nH]3)n2)cc1. The molecule has 25 heavy (non-hydrogen) atoms. The van der Waals surface area contributed by atoms with Gasteiger partial charge in [0.05, 0.1) is 7.11 Å². The Labute approximate surface area is 143 Å². The number of fused-ring (bicyclic) bond motifs is 1. The van der Waals surface area contributed by atoms with Crippen molar-refractivity contribution in [2.45, 2.75) is 6.42 Å². The van der Waals surface area contributed by atoms with Gasteiger partial charge in [0.1, 0.15) is 11.4 Å². The van der Waals surface area contributed by atoms with E-state index < -0.39 is 0 Å². The van der Waals surface area contributed by atoms with Crippen molar-refractivity contribution in [3.63, 3.8) is 0 Å². The zero-order valence-electron chi connectivity index (χ0n) is 13.5. The molecule has 0 amide bonds. The fourth-order valence-corrected chi connectivity index (χ4v) is 2.69. The molecule has 2 heterocycles. The van der Waals surface area contributed by atoms with Gasteiger partial charge in [0, 0.05) is 11.8 Å². The molecule has 4 aromatic rings. The molecule has 6 heteroatoms. The molecule has 0 saturated carbocycles. The van der Waals surface area contributed by atoms with Crippen LogP contribution >= 0.6 is 0 Å². The summed E-state index contributed by atoms with van der Waals surface area (Å²) >= 11 is 0. The van der Waals surface area contributed by atoms with E-state index in [1.807, 2.05) is 48.5 Å². The van der Waals surface area contributed by atoms with Crippen LogP contribution in [-0.2, 0) is 6.42 Å². The highest BCUT2D eigenvalue weighted by Crippen LogP contribution is 2.19. The van der Waals surface area contributed by atoms with Crippen LogP contribution in [0, 0.1) is 0 Å². The molecule has 1 N–H and O–H groups in total. The third-order valence-electron chi connectivity index (χ3n) is 3.97. The number of nitrogens with one attached hydrogen (secondary N) is 1. The fourth-order valence-electron chi connectivity index (χ4n) is 2.69. The maximum Gasteiger partial charge on any atom is 0.274 e. The van der Waals surface area contributed by atoms with E-state index in [0.717, 1.165) is 16.7 Å². The molecule has 0 bridgehead atoms. The van der Waals surface area contributed by atoms with Crippen molar-refractivity contribution in [1.29, 1.82) is 0 Å². The highest BCUT2D eigenvalue weighted by Gasteiger charge is 2.12. The van der Waals surface area contributed by atoms with Crippen LogP contribution in [0.1, 0.15) is 11.4 Å². The second-order valence-electron chi connectivity index (χ2n) is 5.64. The van der Waals surface area contributed by atoms with Gasteiger partial charge in [-0.2, -0.15) is 4.98 Å². The van der Waals surface area contributed by atoms with E-state index >= 15 is 0 Å². The lowest BCUT2D eigenvalue weighted by Gasteiger charge is -2.00. The molecular formula is C19H15N3O3. The van der Waals surface area contributed by atoms with E-state index in [-0.39, 0.29) is 5.56 Å². The summed E-state index contributed by atoms with van der Waals surface area (Å²) in [6.45, 7) is 0. The Hall–Kier alpha value is -3.41. The van der Waals surface area contributed by atoms with Crippen LogP contribution in [-0.4, -0.2) is 22.2 Å². The minimum atomic E-state index is -0.178. The van der Waals surface area contributed by atoms with E-state index in [0.29, 0.717) is 29.2 Å². The van der Waals surface area contributed by atoms with Gasteiger partial charge in [0.25, 0.3) is 11.4 Å². The summed E-state index contributed by atoms with van der Waals surface area (Å²) in [4.78, 5) is 19.4. The predicted octanol–water partition coefficient (Wildman–Crippen LogP) is 3.18. The van der Waals surface area contributed by atoms with Gasteiger partial charge in [-0.3, -0.25) is 4.79 Å². The number of nitrogens with zero attached hydrogens (tertiary/aromatic N) is 2. The summed E-state index contributed by atoms with van der Waals surface area (Å²) in [6, 6.07) is 16.9. The minimum Gasteiger partial charge on any atom is -0.497 e. The lowest BCUT2D eigenvalue weighted by molar-refractivity contribution is 0.414. The first-order valence-corrected chi connectivity index (χ1v) is 7.81. The van der Waals surface area contributed by atoms with E-state index in [9.17, 15) is 4.79 Å². The number of ether oxygens (including phenoxy) is 1. The number of methoxy groups -OCH3 is 1. The van der Waals surface area contributed by atoms with E-state index in [1.54, 1.807) is 13.2 Å². The average molecular weight is 333 g/mol. The summed E-state index contributed by atoms with van der Waals surface area (Å²) in [7, 11) is 1.63. The van der Waals surface area contributed by atoms with Gasteiger partial charge < -0.3 is 14.2 Å². The van der Waals surface area contributed by atoms with Crippen LogP contribution in [0.4, 0.5) is 0 Å². The van der Waals surface area contributed by atoms with Gasteiger partial charge in [-0.15, -0.1) is 0 Å². The van der Waals surface area contributed by atoms with Crippen molar-refractivity contribution >= 4 is 10.8 Å². The molecule has 0 atom stereocenters. The molecule has 0 aliphatic carbocycles. The fraction of sp³-hybridized carbons (Fsp3) is 0.105. The largest absolute Gasteiger partial charge is 0.497 e. The number of H-pyrrole nitrogens is 1. The molecule has 4 rings (SSSR count). The van der Waals surface area contributed by atoms with Crippen LogP contribution < -0.4 is 10.3 Å². The highest BCUT2D eigenvalue weighted by molar-refractivity contribution is 5.84. The van der Waals surface area contributed by atoms with E-state index in [2.05, 4.69) is 15.1 Å². The van der Waals surface area contributed by atoms with Crippen LogP contribution in [0.3, 0.4) is 0 Å². The quantitative estimate of drug-likeness (QED) is 0.620. The molecule has 0 aliphatic heterocycles. The molecule has 124 valence electrons. The topological polar surface area (TPSA) is 81.0 Å². The average Bonchev–Trinajstić information content (AvgIpc) is 3.11. The molecule has 0 saturated heterocycles. The van der Waals surface area contributed by atoms with E-state index in [1.165, 1.54) is 0 Å². The Bertz CT molecular complexity index is 1080.